The molecule has 0 aromatic heterocycles. The average Bonchev–Trinajstić information content (AvgIpc) is 2.85. The number of amides is 1. The fourth-order valence-corrected chi connectivity index (χ4v) is 2.68. The van der Waals surface area contributed by atoms with E-state index in [-0.39, 0.29) is 12.5 Å². The number of likely N-dealkylation sites (N-methyl/N-ethyl adjacent to an activating group) is 1. The quantitative estimate of drug-likeness (QED) is 0.860. The fourth-order valence-electron chi connectivity index (χ4n) is 2.13. The standard InChI is InChI=1S/C14H20N4O2S/c1-4-18(9-14(2,3)20)8-12(19)15-10-6-5-7-11-13(10)17-21-16-11/h5-7,20H,4,8-9H2,1-3H3,(H,15,19). The number of hydrogen-bond acceptors (Lipinski definition) is 5. The smallest absolute Gasteiger partial charge is 0.238 e. The van der Waals surface area contributed by atoms with Gasteiger partial charge in [-0.2, -0.15) is 8.73 Å². The van der Waals surface area contributed by atoms with Gasteiger partial charge in [0.15, 0.2) is 0 Å². The van der Waals surface area contributed by atoms with Crippen LogP contribution in [0.3, 0.4) is 0 Å². The summed E-state index contributed by atoms with van der Waals surface area (Å²) >= 11 is 1.13. The van der Waals surface area contributed by atoms with Crippen LogP contribution in [-0.2, 0) is 16.1 Å². The molecule has 1 amide bonds. The minimum Gasteiger partial charge on any atom is -0.389 e. The zero-order chi connectivity index (χ0) is 15.5. The molecule has 0 saturated carbocycles. The maximum absolute atomic E-state index is 12.2. The van der Waals surface area contributed by atoms with E-state index in [0.717, 1.165) is 17.0 Å². The molecule has 21 heavy (non-hydrogen) atoms. The molecule has 0 spiro atoms. The molecule has 2 N–H and O–H groups in total. The lowest BCUT2D eigenvalue weighted by Crippen LogP contribution is -2.42. The molecule has 1 heterocycles. The third kappa shape index (κ3) is 4.45. The van der Waals surface area contributed by atoms with Gasteiger partial charge in [-0.1, -0.05) is 13.0 Å². The fraction of sp³-hybridized carbons (Fsp3) is 0.500. The van der Waals surface area contributed by atoms with Gasteiger partial charge >= 0.3 is 0 Å². The largest absolute Gasteiger partial charge is 0.389 e. The Morgan fingerprint density at radius 3 is 2.86 bits per heavy atom. The second-order valence-electron chi connectivity index (χ2n) is 5.60. The number of nitrogens with zero attached hydrogens (tertiary/aromatic N) is 3. The van der Waals surface area contributed by atoms with Crippen LogP contribution >= 0.6 is 0 Å². The first-order chi connectivity index (χ1) is 9.89. The Balaban J connectivity index is 1.99. The number of nitrogens with one attached hydrogen (secondary N) is 1. The van der Waals surface area contributed by atoms with Gasteiger partial charge in [-0.25, -0.2) is 0 Å². The Bertz CT molecular complexity index is 603. The van der Waals surface area contributed by atoms with Crippen molar-refractivity contribution in [2.24, 2.45) is 8.73 Å². The highest BCUT2D eigenvalue weighted by atomic mass is 32.1. The number of carbonyl (C=O) groups excluding carboxylic acids is 1. The molecule has 0 unspecified atom stereocenters. The predicted octanol–water partition coefficient (Wildman–Crippen LogP) is 2.44. The summed E-state index contributed by atoms with van der Waals surface area (Å²) in [6, 6.07) is 5.52. The summed E-state index contributed by atoms with van der Waals surface area (Å²) in [5.41, 5.74) is 1.34. The minimum atomic E-state index is -0.824. The van der Waals surface area contributed by atoms with E-state index in [1.54, 1.807) is 13.8 Å². The zero-order valence-electron chi connectivity index (χ0n) is 12.5. The first kappa shape index (κ1) is 15.8. The molecule has 1 aliphatic rings. The van der Waals surface area contributed by atoms with Gasteiger partial charge in [-0.15, -0.1) is 0 Å². The van der Waals surface area contributed by atoms with E-state index in [1.165, 1.54) is 0 Å². The Hall–Kier alpha value is -1.57. The number of fused-ring (bicyclic) bond motifs is 1. The highest BCUT2D eigenvalue weighted by Crippen LogP contribution is 2.38. The second-order valence-corrected chi connectivity index (χ2v) is 6.13. The van der Waals surface area contributed by atoms with E-state index >= 15 is 0 Å². The van der Waals surface area contributed by atoms with E-state index in [0.29, 0.717) is 24.5 Å². The normalized spacial score (nSPS) is 13.2. The van der Waals surface area contributed by atoms with Gasteiger partial charge in [-0.3, -0.25) is 9.69 Å². The summed E-state index contributed by atoms with van der Waals surface area (Å²) in [4.78, 5) is 14.1. The van der Waals surface area contributed by atoms with Crippen LogP contribution in [-0.4, -0.2) is 41.1 Å². The summed E-state index contributed by atoms with van der Waals surface area (Å²) in [6.45, 7) is 6.79. The molecule has 6 nitrogen and oxygen atoms in total. The van der Waals surface area contributed by atoms with Crippen molar-refractivity contribution in [3.63, 3.8) is 0 Å². The summed E-state index contributed by atoms with van der Waals surface area (Å²) in [6.07, 6.45) is 0. The lowest BCUT2D eigenvalue weighted by molar-refractivity contribution is -0.117. The van der Waals surface area contributed by atoms with Crippen molar-refractivity contribution in [1.82, 2.24) is 4.90 Å². The van der Waals surface area contributed by atoms with Crippen LogP contribution in [0.2, 0.25) is 0 Å². The van der Waals surface area contributed by atoms with Crippen LogP contribution in [0.4, 0.5) is 17.1 Å². The van der Waals surface area contributed by atoms with Crippen LogP contribution in [0.15, 0.2) is 26.9 Å². The Kier molecular flexibility index (Phi) is 4.87. The summed E-state index contributed by atoms with van der Waals surface area (Å²) in [5, 5.41) is 12.7. The molecular formula is C14H20N4O2S. The number of benzene rings is 1. The summed E-state index contributed by atoms with van der Waals surface area (Å²) in [7, 11) is 0. The molecule has 0 atom stereocenters. The molecule has 1 aromatic rings. The highest BCUT2D eigenvalue weighted by molar-refractivity contribution is 7.58. The first-order valence-corrected chi connectivity index (χ1v) is 7.58. The molecule has 1 aliphatic heterocycles. The molecule has 0 aliphatic carbocycles. The number of rotatable bonds is 6. The monoisotopic (exact) mass is 308 g/mol. The predicted molar refractivity (Wildman–Crippen MR) is 85.0 cm³/mol. The van der Waals surface area contributed by atoms with Gasteiger partial charge in [0.25, 0.3) is 0 Å². The minimum absolute atomic E-state index is 0.124. The first-order valence-electron chi connectivity index (χ1n) is 6.85. The average molecular weight is 308 g/mol. The van der Waals surface area contributed by atoms with E-state index in [1.807, 2.05) is 30.0 Å². The lowest BCUT2D eigenvalue weighted by atomic mass is 10.1. The van der Waals surface area contributed by atoms with Crippen molar-refractivity contribution in [3.8, 4) is 0 Å². The topological polar surface area (TPSA) is 77.3 Å². The van der Waals surface area contributed by atoms with Gasteiger partial charge < -0.3 is 10.4 Å². The van der Waals surface area contributed by atoms with Crippen molar-refractivity contribution in [1.29, 1.82) is 0 Å². The van der Waals surface area contributed by atoms with E-state index in [9.17, 15) is 9.90 Å². The molecule has 0 bridgehead atoms. The van der Waals surface area contributed by atoms with Crippen LogP contribution in [0.1, 0.15) is 20.8 Å². The number of anilines is 1. The van der Waals surface area contributed by atoms with Gasteiger partial charge in [-0.05, 0) is 32.5 Å². The van der Waals surface area contributed by atoms with E-state index in [2.05, 4.69) is 14.0 Å². The van der Waals surface area contributed by atoms with Gasteiger partial charge in [0, 0.05) is 6.54 Å². The maximum Gasteiger partial charge on any atom is 0.238 e. The van der Waals surface area contributed by atoms with Crippen LogP contribution in [0, 0.1) is 0 Å². The van der Waals surface area contributed by atoms with E-state index < -0.39 is 5.60 Å². The van der Waals surface area contributed by atoms with Crippen molar-refractivity contribution in [3.05, 3.63) is 18.2 Å². The van der Waals surface area contributed by atoms with Gasteiger partial charge in [0.2, 0.25) is 5.91 Å². The van der Waals surface area contributed by atoms with E-state index in [4.69, 9.17) is 0 Å². The lowest BCUT2D eigenvalue weighted by Gasteiger charge is -2.27. The molecule has 0 saturated heterocycles. The molecule has 0 fully saturated rings. The van der Waals surface area contributed by atoms with Crippen molar-refractivity contribution >= 4 is 34.3 Å². The van der Waals surface area contributed by atoms with Crippen molar-refractivity contribution in [2.75, 3.05) is 25.0 Å². The highest BCUT2D eigenvalue weighted by Gasteiger charge is 2.20. The number of aliphatic hydroxyl groups is 1. The number of hydrogen-bond donors (Lipinski definition) is 2. The van der Waals surface area contributed by atoms with Crippen LogP contribution in [0.5, 0.6) is 0 Å². The van der Waals surface area contributed by atoms with Gasteiger partial charge in [0.05, 0.1) is 29.2 Å². The summed E-state index contributed by atoms with van der Waals surface area (Å²) in [5.74, 6) is -0.124. The second kappa shape index (κ2) is 6.46. The van der Waals surface area contributed by atoms with Gasteiger partial charge in [0.1, 0.15) is 11.4 Å². The van der Waals surface area contributed by atoms with Crippen molar-refractivity contribution < 1.29 is 9.90 Å². The molecule has 114 valence electrons. The zero-order valence-corrected chi connectivity index (χ0v) is 13.3. The van der Waals surface area contributed by atoms with Crippen LogP contribution < -0.4 is 5.32 Å². The molecule has 0 radical (unpaired) electrons. The Morgan fingerprint density at radius 1 is 1.43 bits per heavy atom. The summed E-state index contributed by atoms with van der Waals surface area (Å²) < 4.78 is 8.34. The third-order valence-corrected chi connectivity index (χ3v) is 3.53. The Morgan fingerprint density at radius 2 is 2.19 bits per heavy atom. The molecular weight excluding hydrogens is 288 g/mol. The van der Waals surface area contributed by atoms with Crippen LogP contribution in [0.25, 0.3) is 0 Å². The molecule has 1 aromatic carbocycles. The third-order valence-electron chi connectivity index (χ3n) is 2.99. The number of carbonyl (C=O) groups is 1. The Labute approximate surface area is 128 Å². The SMILES string of the molecule is CCN(CC(=O)Nc1cccc2c1N=S=N2)CC(C)(C)O. The molecule has 7 heteroatoms. The maximum atomic E-state index is 12.2. The van der Waals surface area contributed by atoms with Crippen molar-refractivity contribution in [2.45, 2.75) is 26.4 Å². The molecule has 2 rings (SSSR count).